The highest BCUT2D eigenvalue weighted by Crippen LogP contribution is 2.29. The Morgan fingerprint density at radius 3 is 2.63 bits per heavy atom. The number of aryl methyl sites for hydroxylation is 2. The zero-order chi connectivity index (χ0) is 13.8. The summed E-state index contributed by atoms with van der Waals surface area (Å²) >= 11 is 9.69. The monoisotopic (exact) mass is 347 g/mol. The van der Waals surface area contributed by atoms with Crippen LogP contribution in [0.15, 0.2) is 4.47 Å². The quantitative estimate of drug-likeness (QED) is 0.698. The van der Waals surface area contributed by atoms with Crippen molar-refractivity contribution in [3.63, 3.8) is 0 Å². The Balaban J connectivity index is 2.17. The van der Waals surface area contributed by atoms with Gasteiger partial charge in [-0.2, -0.15) is 5.10 Å². The number of hydrogen-bond donors (Lipinski definition) is 0. The van der Waals surface area contributed by atoms with E-state index in [4.69, 9.17) is 11.6 Å². The van der Waals surface area contributed by atoms with E-state index < -0.39 is 0 Å². The van der Waals surface area contributed by atoms with Gasteiger partial charge < -0.3 is 0 Å². The first-order valence-corrected chi connectivity index (χ1v) is 8.58. The Bertz CT molecular complexity index is 415. The fourth-order valence-corrected chi connectivity index (χ4v) is 3.52. The normalized spacial score (nSPS) is 16.1. The van der Waals surface area contributed by atoms with E-state index >= 15 is 0 Å². The predicted molar refractivity (Wildman–Crippen MR) is 83.7 cm³/mol. The minimum atomic E-state index is 0.703. The fraction of sp³-hybridized carbons (Fsp3) is 0.786. The molecule has 0 saturated heterocycles. The van der Waals surface area contributed by atoms with Crippen LogP contribution in [0.5, 0.6) is 0 Å². The molecule has 1 aromatic heterocycles. The van der Waals surface area contributed by atoms with Gasteiger partial charge in [-0.05, 0) is 42.1 Å². The van der Waals surface area contributed by atoms with E-state index in [1.807, 2.05) is 0 Å². The molecule has 1 fully saturated rings. The van der Waals surface area contributed by atoms with E-state index in [2.05, 4.69) is 44.5 Å². The molecule has 0 spiro atoms. The maximum absolute atomic E-state index is 5.96. The summed E-state index contributed by atoms with van der Waals surface area (Å²) in [5.74, 6) is 0.703. The highest BCUT2D eigenvalue weighted by atomic mass is 79.9. The molecule has 0 atom stereocenters. The lowest BCUT2D eigenvalue weighted by molar-refractivity contribution is 0.124. The molecule has 1 saturated carbocycles. The molecule has 108 valence electrons. The molecule has 0 unspecified atom stereocenters. The SMILES string of the molecule is CCc1nn(CC)c(CN(CCCl)C2CCC2)c1Br. The first kappa shape index (κ1) is 15.3. The zero-order valence-corrected chi connectivity index (χ0v) is 14.2. The first-order chi connectivity index (χ1) is 9.21. The van der Waals surface area contributed by atoms with Crippen molar-refractivity contribution in [3.05, 3.63) is 15.9 Å². The van der Waals surface area contributed by atoms with Gasteiger partial charge in [-0.25, -0.2) is 0 Å². The molecule has 19 heavy (non-hydrogen) atoms. The van der Waals surface area contributed by atoms with Gasteiger partial charge in [0.05, 0.1) is 15.9 Å². The summed E-state index contributed by atoms with van der Waals surface area (Å²) in [4.78, 5) is 2.52. The third-order valence-electron chi connectivity index (χ3n) is 4.01. The average Bonchev–Trinajstić information content (AvgIpc) is 2.64. The minimum absolute atomic E-state index is 0.703. The second-order valence-electron chi connectivity index (χ2n) is 5.12. The predicted octanol–water partition coefficient (Wildman–Crippen LogP) is 3.82. The van der Waals surface area contributed by atoms with Crippen molar-refractivity contribution < 1.29 is 0 Å². The van der Waals surface area contributed by atoms with Crippen molar-refractivity contribution >= 4 is 27.5 Å². The third kappa shape index (κ3) is 3.34. The molecule has 1 aliphatic carbocycles. The number of aromatic nitrogens is 2. The van der Waals surface area contributed by atoms with E-state index in [0.717, 1.165) is 37.8 Å². The molecule has 1 heterocycles. The summed E-state index contributed by atoms with van der Waals surface area (Å²) in [7, 11) is 0. The summed E-state index contributed by atoms with van der Waals surface area (Å²) in [5, 5.41) is 4.67. The summed E-state index contributed by atoms with van der Waals surface area (Å²) in [5.41, 5.74) is 2.47. The van der Waals surface area contributed by atoms with Crippen LogP contribution in [0.4, 0.5) is 0 Å². The van der Waals surface area contributed by atoms with Gasteiger partial charge in [0, 0.05) is 31.6 Å². The van der Waals surface area contributed by atoms with E-state index in [-0.39, 0.29) is 0 Å². The summed E-state index contributed by atoms with van der Waals surface area (Å²) < 4.78 is 3.32. The number of rotatable bonds is 7. The molecule has 3 nitrogen and oxygen atoms in total. The maximum Gasteiger partial charge on any atom is 0.0767 e. The van der Waals surface area contributed by atoms with Gasteiger partial charge in [0.2, 0.25) is 0 Å². The second kappa shape index (κ2) is 7.09. The Morgan fingerprint density at radius 1 is 1.42 bits per heavy atom. The smallest absolute Gasteiger partial charge is 0.0767 e. The van der Waals surface area contributed by atoms with Gasteiger partial charge in [-0.3, -0.25) is 9.58 Å². The Labute approximate surface area is 129 Å². The van der Waals surface area contributed by atoms with E-state index in [9.17, 15) is 0 Å². The zero-order valence-electron chi connectivity index (χ0n) is 11.8. The molecule has 5 heteroatoms. The van der Waals surface area contributed by atoms with Crippen molar-refractivity contribution in [2.45, 2.75) is 58.7 Å². The summed E-state index contributed by atoms with van der Waals surface area (Å²) in [6.45, 7) is 7.15. The maximum atomic E-state index is 5.96. The van der Waals surface area contributed by atoms with E-state index in [1.54, 1.807) is 0 Å². The number of nitrogens with zero attached hydrogens (tertiary/aromatic N) is 3. The Hall–Kier alpha value is -0.0600. The second-order valence-corrected chi connectivity index (χ2v) is 6.29. The molecular formula is C14H23BrClN3. The van der Waals surface area contributed by atoms with Crippen LogP contribution in [-0.2, 0) is 19.5 Å². The third-order valence-corrected chi connectivity index (χ3v) is 5.09. The number of hydrogen-bond acceptors (Lipinski definition) is 2. The Morgan fingerprint density at radius 2 is 2.16 bits per heavy atom. The Kier molecular flexibility index (Phi) is 5.72. The lowest BCUT2D eigenvalue weighted by Crippen LogP contribution is -2.41. The first-order valence-electron chi connectivity index (χ1n) is 7.25. The van der Waals surface area contributed by atoms with Crippen LogP contribution in [0.1, 0.15) is 44.5 Å². The van der Waals surface area contributed by atoms with Crippen LogP contribution in [0, 0.1) is 0 Å². The topological polar surface area (TPSA) is 21.1 Å². The molecule has 1 aromatic rings. The number of alkyl halides is 1. The van der Waals surface area contributed by atoms with Gasteiger partial charge in [0.15, 0.2) is 0 Å². The molecular weight excluding hydrogens is 326 g/mol. The average molecular weight is 349 g/mol. The van der Waals surface area contributed by atoms with Crippen LogP contribution < -0.4 is 0 Å². The van der Waals surface area contributed by atoms with Crippen molar-refractivity contribution in [1.29, 1.82) is 0 Å². The molecule has 1 aliphatic rings. The molecule has 0 radical (unpaired) electrons. The summed E-state index contributed by atoms with van der Waals surface area (Å²) in [6.07, 6.45) is 4.96. The van der Waals surface area contributed by atoms with Crippen molar-refractivity contribution in [2.75, 3.05) is 12.4 Å². The van der Waals surface area contributed by atoms with Crippen molar-refractivity contribution in [1.82, 2.24) is 14.7 Å². The van der Waals surface area contributed by atoms with Gasteiger partial charge in [0.1, 0.15) is 0 Å². The molecule has 0 aromatic carbocycles. The molecule has 0 aliphatic heterocycles. The van der Waals surface area contributed by atoms with Gasteiger partial charge in [-0.15, -0.1) is 11.6 Å². The van der Waals surface area contributed by atoms with Crippen LogP contribution in [-0.4, -0.2) is 33.1 Å². The van der Waals surface area contributed by atoms with Crippen LogP contribution in [0.3, 0.4) is 0 Å². The highest BCUT2D eigenvalue weighted by Gasteiger charge is 2.26. The van der Waals surface area contributed by atoms with E-state index in [1.165, 1.54) is 29.4 Å². The molecule has 0 N–H and O–H groups in total. The van der Waals surface area contributed by atoms with Crippen LogP contribution in [0.2, 0.25) is 0 Å². The van der Waals surface area contributed by atoms with Crippen molar-refractivity contribution in [2.24, 2.45) is 0 Å². The van der Waals surface area contributed by atoms with Gasteiger partial charge in [-0.1, -0.05) is 13.3 Å². The van der Waals surface area contributed by atoms with Gasteiger partial charge in [0.25, 0.3) is 0 Å². The highest BCUT2D eigenvalue weighted by molar-refractivity contribution is 9.10. The largest absolute Gasteiger partial charge is 0.293 e. The van der Waals surface area contributed by atoms with Crippen molar-refractivity contribution in [3.8, 4) is 0 Å². The standard InChI is InChI=1S/C14H23BrClN3/c1-3-12-14(15)13(19(4-2)17-12)10-18(9-8-16)11-6-5-7-11/h11H,3-10H2,1-2H3. The van der Waals surface area contributed by atoms with E-state index in [0.29, 0.717) is 5.88 Å². The minimum Gasteiger partial charge on any atom is -0.293 e. The van der Waals surface area contributed by atoms with Crippen LogP contribution >= 0.6 is 27.5 Å². The van der Waals surface area contributed by atoms with Gasteiger partial charge >= 0.3 is 0 Å². The fourth-order valence-electron chi connectivity index (χ4n) is 2.61. The number of halogens is 2. The van der Waals surface area contributed by atoms with Crippen LogP contribution in [0.25, 0.3) is 0 Å². The molecule has 0 amide bonds. The molecule has 2 rings (SSSR count). The lowest BCUT2D eigenvalue weighted by Gasteiger charge is -2.37. The molecule has 0 bridgehead atoms. The summed E-state index contributed by atoms with van der Waals surface area (Å²) in [6, 6.07) is 0.718. The lowest BCUT2D eigenvalue weighted by atomic mass is 9.91.